The quantitative estimate of drug-likeness (QED) is 0.802. The van der Waals surface area contributed by atoms with Gasteiger partial charge in [0.25, 0.3) is 0 Å². The Morgan fingerprint density at radius 1 is 1.35 bits per heavy atom. The molecule has 0 aliphatic carbocycles. The summed E-state index contributed by atoms with van der Waals surface area (Å²) in [6.07, 6.45) is 1.66. The Morgan fingerprint density at radius 3 is 2.88 bits per heavy atom. The summed E-state index contributed by atoms with van der Waals surface area (Å²) < 4.78 is 5.26. The molecule has 1 fully saturated rings. The van der Waals surface area contributed by atoms with Gasteiger partial charge in [-0.05, 0) is 13.0 Å². The van der Waals surface area contributed by atoms with Crippen molar-refractivity contribution in [1.29, 1.82) is 0 Å². The van der Waals surface area contributed by atoms with Crippen LogP contribution in [0.5, 0.6) is 0 Å². The molecule has 90 valence electrons. The fourth-order valence-electron chi connectivity index (χ4n) is 2.01. The third-order valence-corrected chi connectivity index (χ3v) is 2.99. The molecule has 6 heteroatoms. The van der Waals surface area contributed by atoms with Crippen molar-refractivity contribution in [3.8, 4) is 11.4 Å². The second-order valence-corrected chi connectivity index (χ2v) is 4.11. The monoisotopic (exact) mass is 233 g/mol. The van der Waals surface area contributed by atoms with Crippen molar-refractivity contribution < 1.29 is 4.42 Å². The Morgan fingerprint density at radius 2 is 2.18 bits per heavy atom. The van der Waals surface area contributed by atoms with Gasteiger partial charge in [-0.2, -0.15) is 4.98 Å². The smallest absolute Gasteiger partial charge is 0.245 e. The van der Waals surface area contributed by atoms with Crippen molar-refractivity contribution in [2.24, 2.45) is 0 Å². The van der Waals surface area contributed by atoms with Gasteiger partial charge in [-0.3, -0.25) is 5.10 Å². The summed E-state index contributed by atoms with van der Waals surface area (Å²) in [5.41, 5.74) is 0.971. The average Bonchev–Trinajstić information content (AvgIpc) is 2.98. The van der Waals surface area contributed by atoms with Crippen molar-refractivity contribution in [2.45, 2.75) is 6.92 Å². The van der Waals surface area contributed by atoms with E-state index in [4.69, 9.17) is 4.42 Å². The Bertz CT molecular complexity index is 497. The fraction of sp³-hybridized carbons (Fsp3) is 0.455. The maximum atomic E-state index is 5.26. The highest BCUT2D eigenvalue weighted by molar-refractivity contribution is 5.58. The van der Waals surface area contributed by atoms with Gasteiger partial charge in [-0.15, -0.1) is 5.10 Å². The number of nitrogens with zero attached hydrogens (tertiary/aromatic N) is 3. The molecule has 2 aromatic heterocycles. The van der Waals surface area contributed by atoms with Crippen LogP contribution in [0.2, 0.25) is 0 Å². The molecule has 17 heavy (non-hydrogen) atoms. The molecule has 1 saturated heterocycles. The Kier molecular flexibility index (Phi) is 2.56. The minimum Gasteiger partial charge on any atom is -0.469 e. The first kappa shape index (κ1) is 10.3. The maximum Gasteiger partial charge on any atom is 0.245 e. The van der Waals surface area contributed by atoms with Crippen LogP contribution in [0.25, 0.3) is 11.4 Å². The number of hydrogen-bond donors (Lipinski definition) is 2. The zero-order chi connectivity index (χ0) is 11.7. The molecule has 0 atom stereocenters. The average molecular weight is 233 g/mol. The van der Waals surface area contributed by atoms with Gasteiger partial charge in [0.1, 0.15) is 5.76 Å². The second-order valence-electron chi connectivity index (χ2n) is 4.11. The van der Waals surface area contributed by atoms with Gasteiger partial charge < -0.3 is 14.6 Å². The van der Waals surface area contributed by atoms with E-state index in [0.29, 0.717) is 0 Å². The minimum absolute atomic E-state index is 0.766. The third-order valence-electron chi connectivity index (χ3n) is 2.99. The van der Waals surface area contributed by atoms with Crippen LogP contribution in [0.4, 0.5) is 5.95 Å². The van der Waals surface area contributed by atoms with E-state index in [9.17, 15) is 0 Å². The summed E-state index contributed by atoms with van der Waals surface area (Å²) in [5.74, 6) is 2.39. The highest BCUT2D eigenvalue weighted by atomic mass is 16.3. The van der Waals surface area contributed by atoms with Gasteiger partial charge in [0.2, 0.25) is 5.95 Å². The van der Waals surface area contributed by atoms with E-state index in [2.05, 4.69) is 25.4 Å². The summed E-state index contributed by atoms with van der Waals surface area (Å²) >= 11 is 0. The number of aromatic amines is 1. The van der Waals surface area contributed by atoms with Crippen molar-refractivity contribution in [3.63, 3.8) is 0 Å². The highest BCUT2D eigenvalue weighted by Gasteiger charge is 2.16. The summed E-state index contributed by atoms with van der Waals surface area (Å²) in [5, 5.41) is 10.5. The van der Waals surface area contributed by atoms with Gasteiger partial charge in [-0.25, -0.2) is 0 Å². The lowest BCUT2D eigenvalue weighted by Gasteiger charge is -2.25. The number of nitrogens with one attached hydrogen (secondary N) is 2. The molecule has 0 spiro atoms. The molecule has 0 unspecified atom stereocenters. The lowest BCUT2D eigenvalue weighted by atomic mass is 10.2. The number of aryl methyl sites for hydroxylation is 1. The largest absolute Gasteiger partial charge is 0.469 e. The van der Waals surface area contributed by atoms with Crippen molar-refractivity contribution >= 4 is 5.95 Å². The number of furan rings is 1. The molecule has 2 N–H and O–H groups in total. The van der Waals surface area contributed by atoms with E-state index in [0.717, 1.165) is 49.3 Å². The number of piperazine rings is 1. The zero-order valence-corrected chi connectivity index (χ0v) is 9.73. The molecule has 0 aromatic carbocycles. The first-order valence-electron chi connectivity index (χ1n) is 5.77. The molecule has 1 aliphatic rings. The molecule has 0 amide bonds. The number of H-pyrrole nitrogens is 1. The lowest BCUT2D eigenvalue weighted by Crippen LogP contribution is -2.44. The van der Waals surface area contributed by atoms with E-state index in [1.54, 1.807) is 6.26 Å². The Balaban J connectivity index is 1.85. The number of aromatic nitrogens is 3. The molecule has 3 heterocycles. The topological polar surface area (TPSA) is 70.0 Å². The van der Waals surface area contributed by atoms with Crippen LogP contribution in [0.3, 0.4) is 0 Å². The SMILES string of the molecule is Cc1occc1-c1nc(N2CCNCC2)n[nH]1. The summed E-state index contributed by atoms with van der Waals surface area (Å²) in [7, 11) is 0. The first-order chi connectivity index (χ1) is 8.34. The normalized spacial score (nSPS) is 16.4. The number of hydrogen-bond acceptors (Lipinski definition) is 5. The van der Waals surface area contributed by atoms with Gasteiger partial charge in [0.05, 0.1) is 11.8 Å². The summed E-state index contributed by atoms with van der Waals surface area (Å²) in [6.45, 7) is 5.77. The molecule has 6 nitrogen and oxygen atoms in total. The van der Waals surface area contributed by atoms with Crippen LogP contribution < -0.4 is 10.2 Å². The maximum absolute atomic E-state index is 5.26. The molecule has 1 aliphatic heterocycles. The standard InChI is InChI=1S/C11H15N5O/c1-8-9(2-7-17-8)10-13-11(15-14-10)16-5-3-12-4-6-16/h2,7,12H,3-6H2,1H3,(H,13,14,15). The van der Waals surface area contributed by atoms with Crippen molar-refractivity contribution in [3.05, 3.63) is 18.1 Å². The summed E-state index contributed by atoms with van der Waals surface area (Å²) in [4.78, 5) is 6.68. The van der Waals surface area contributed by atoms with Crippen molar-refractivity contribution in [2.75, 3.05) is 31.1 Å². The van der Waals surface area contributed by atoms with Crippen LogP contribution in [-0.2, 0) is 0 Å². The molecular weight excluding hydrogens is 218 g/mol. The van der Waals surface area contributed by atoms with Gasteiger partial charge in [0, 0.05) is 26.2 Å². The number of anilines is 1. The second kappa shape index (κ2) is 4.21. The van der Waals surface area contributed by atoms with Crippen LogP contribution in [0, 0.1) is 6.92 Å². The number of rotatable bonds is 2. The molecule has 3 rings (SSSR count). The van der Waals surface area contributed by atoms with E-state index in [1.807, 2.05) is 13.0 Å². The zero-order valence-electron chi connectivity index (χ0n) is 9.73. The molecule has 0 saturated carbocycles. The molecular formula is C11H15N5O. The van der Waals surface area contributed by atoms with E-state index < -0.39 is 0 Å². The van der Waals surface area contributed by atoms with Crippen LogP contribution in [0.1, 0.15) is 5.76 Å². The fourth-order valence-corrected chi connectivity index (χ4v) is 2.01. The molecule has 2 aromatic rings. The summed E-state index contributed by atoms with van der Waals surface area (Å²) in [6, 6.07) is 1.90. The minimum atomic E-state index is 0.766. The van der Waals surface area contributed by atoms with Gasteiger partial charge in [-0.1, -0.05) is 0 Å². The van der Waals surface area contributed by atoms with Gasteiger partial charge in [0.15, 0.2) is 5.82 Å². The van der Waals surface area contributed by atoms with E-state index >= 15 is 0 Å². The molecule has 0 radical (unpaired) electrons. The van der Waals surface area contributed by atoms with Crippen LogP contribution in [0.15, 0.2) is 16.7 Å². The molecule has 0 bridgehead atoms. The predicted molar refractivity (Wildman–Crippen MR) is 63.9 cm³/mol. The Labute approximate surface area is 99.0 Å². The van der Waals surface area contributed by atoms with E-state index in [-0.39, 0.29) is 0 Å². The first-order valence-corrected chi connectivity index (χ1v) is 5.77. The third kappa shape index (κ3) is 1.91. The van der Waals surface area contributed by atoms with Gasteiger partial charge >= 0.3 is 0 Å². The van der Waals surface area contributed by atoms with E-state index in [1.165, 1.54) is 0 Å². The van der Waals surface area contributed by atoms with Crippen molar-refractivity contribution in [1.82, 2.24) is 20.5 Å². The van der Waals surface area contributed by atoms with Crippen LogP contribution >= 0.6 is 0 Å². The predicted octanol–water partition coefficient (Wildman–Crippen LogP) is 0.783. The highest BCUT2D eigenvalue weighted by Crippen LogP contribution is 2.22. The van der Waals surface area contributed by atoms with Crippen LogP contribution in [-0.4, -0.2) is 41.4 Å². The Hall–Kier alpha value is -1.82. The lowest BCUT2D eigenvalue weighted by molar-refractivity contribution is 0.535.